The molecule has 0 radical (unpaired) electrons. The Bertz CT molecular complexity index is 1290. The fourth-order valence-electron chi connectivity index (χ4n) is 3.54. The highest BCUT2D eigenvalue weighted by Gasteiger charge is 2.06. The molecular weight excluding hydrogens is 330 g/mol. The van der Waals surface area contributed by atoms with E-state index in [-0.39, 0.29) is 0 Å². The Morgan fingerprint density at radius 1 is 0.852 bits per heavy atom. The zero-order valence-corrected chi connectivity index (χ0v) is 15.1. The lowest BCUT2D eigenvalue weighted by Crippen LogP contribution is -1.92. The quantitative estimate of drug-likeness (QED) is 0.427. The van der Waals surface area contributed by atoms with Crippen LogP contribution in [0.2, 0.25) is 0 Å². The van der Waals surface area contributed by atoms with Gasteiger partial charge in [0.15, 0.2) is 0 Å². The Hall–Kier alpha value is -3.59. The van der Waals surface area contributed by atoms with E-state index in [1.807, 2.05) is 18.2 Å². The molecule has 0 unspecified atom stereocenters. The first kappa shape index (κ1) is 15.6. The number of aromatic amines is 1. The van der Waals surface area contributed by atoms with Crippen LogP contribution in [0.4, 0.5) is 0 Å². The Morgan fingerprint density at radius 2 is 1.67 bits per heavy atom. The highest BCUT2D eigenvalue weighted by atomic mass is 15.1. The van der Waals surface area contributed by atoms with Crippen molar-refractivity contribution in [2.45, 2.75) is 6.92 Å². The van der Waals surface area contributed by atoms with E-state index in [4.69, 9.17) is 0 Å². The average Bonchev–Trinajstić information content (AvgIpc) is 3.30. The highest BCUT2D eigenvalue weighted by Crippen LogP contribution is 2.24. The van der Waals surface area contributed by atoms with Gasteiger partial charge in [-0.2, -0.15) is 5.10 Å². The summed E-state index contributed by atoms with van der Waals surface area (Å²) in [6.07, 6.45) is 8.59. The van der Waals surface area contributed by atoms with Crippen molar-refractivity contribution in [3.05, 3.63) is 95.9 Å². The molecule has 2 aromatic heterocycles. The third kappa shape index (κ3) is 2.83. The normalized spacial score (nSPS) is 11.7. The van der Waals surface area contributed by atoms with E-state index in [0.717, 1.165) is 27.8 Å². The maximum atomic E-state index is 4.44. The highest BCUT2D eigenvalue weighted by molar-refractivity contribution is 5.90. The Kier molecular flexibility index (Phi) is 3.65. The summed E-state index contributed by atoms with van der Waals surface area (Å²) in [6, 6.07) is 23.2. The molecule has 0 fully saturated rings. The number of nitrogens with one attached hydrogen (secondary N) is 1. The molecule has 0 bridgehead atoms. The van der Waals surface area contributed by atoms with Crippen LogP contribution in [0.1, 0.15) is 16.8 Å². The van der Waals surface area contributed by atoms with Crippen LogP contribution in [0.3, 0.4) is 0 Å². The predicted octanol–water partition coefficient (Wildman–Crippen LogP) is 5.99. The van der Waals surface area contributed by atoms with E-state index in [1.54, 1.807) is 0 Å². The topological polar surface area (TPSA) is 33.6 Å². The molecule has 3 nitrogen and oxygen atoms in total. The summed E-state index contributed by atoms with van der Waals surface area (Å²) in [4.78, 5) is 0. The monoisotopic (exact) mass is 349 g/mol. The largest absolute Gasteiger partial charge is 0.322 e. The van der Waals surface area contributed by atoms with Crippen molar-refractivity contribution in [3.8, 4) is 5.69 Å². The molecule has 0 saturated heterocycles. The maximum absolute atomic E-state index is 4.44. The van der Waals surface area contributed by atoms with Crippen LogP contribution in [0.5, 0.6) is 0 Å². The van der Waals surface area contributed by atoms with Gasteiger partial charge in [-0.15, -0.1) is 0 Å². The Labute approximate surface area is 157 Å². The lowest BCUT2D eigenvalue weighted by atomic mass is 10.1. The van der Waals surface area contributed by atoms with Gasteiger partial charge in [0.1, 0.15) is 0 Å². The van der Waals surface area contributed by atoms with Crippen LogP contribution in [-0.4, -0.2) is 14.8 Å². The molecule has 0 saturated carbocycles. The molecule has 5 rings (SSSR count). The Balaban J connectivity index is 1.57. The average molecular weight is 349 g/mol. The fourth-order valence-corrected chi connectivity index (χ4v) is 3.54. The SMILES string of the molecule is Cc1ccc2cn(-c3ccccc3/C=C/c3n[nH]c4ccccc34)cc2c1. The van der Waals surface area contributed by atoms with Gasteiger partial charge in [0.25, 0.3) is 0 Å². The van der Waals surface area contributed by atoms with Crippen molar-refractivity contribution in [2.75, 3.05) is 0 Å². The molecule has 0 aliphatic rings. The van der Waals surface area contributed by atoms with Crippen LogP contribution in [0.25, 0.3) is 39.5 Å². The number of aromatic nitrogens is 3. The van der Waals surface area contributed by atoms with Gasteiger partial charge in [0.2, 0.25) is 0 Å². The summed E-state index contributed by atoms with van der Waals surface area (Å²) >= 11 is 0. The second-order valence-electron chi connectivity index (χ2n) is 6.84. The van der Waals surface area contributed by atoms with E-state index < -0.39 is 0 Å². The van der Waals surface area contributed by atoms with Crippen LogP contribution in [0, 0.1) is 6.92 Å². The van der Waals surface area contributed by atoms with Crippen LogP contribution >= 0.6 is 0 Å². The number of aryl methyl sites for hydroxylation is 1. The van der Waals surface area contributed by atoms with Gasteiger partial charge in [0.05, 0.1) is 16.9 Å². The molecule has 27 heavy (non-hydrogen) atoms. The first-order valence-corrected chi connectivity index (χ1v) is 9.07. The fraction of sp³-hybridized carbons (Fsp3) is 0.0417. The summed E-state index contributed by atoms with van der Waals surface area (Å²) in [7, 11) is 0. The lowest BCUT2D eigenvalue weighted by molar-refractivity contribution is 1.08. The first-order chi connectivity index (χ1) is 13.3. The smallest absolute Gasteiger partial charge is 0.0927 e. The first-order valence-electron chi connectivity index (χ1n) is 9.07. The number of hydrogen-bond acceptors (Lipinski definition) is 1. The molecule has 3 heteroatoms. The minimum Gasteiger partial charge on any atom is -0.322 e. The molecule has 0 spiro atoms. The van der Waals surface area contributed by atoms with Gasteiger partial charge in [-0.25, -0.2) is 0 Å². The van der Waals surface area contributed by atoms with Crippen molar-refractivity contribution < 1.29 is 0 Å². The van der Waals surface area contributed by atoms with Crippen LogP contribution < -0.4 is 0 Å². The summed E-state index contributed by atoms with van der Waals surface area (Å²) in [5, 5.41) is 11.2. The molecule has 0 aliphatic heterocycles. The number of H-pyrrole nitrogens is 1. The van der Waals surface area contributed by atoms with Crippen molar-refractivity contribution in [1.82, 2.24) is 14.8 Å². The molecule has 1 N–H and O–H groups in total. The van der Waals surface area contributed by atoms with Gasteiger partial charge in [-0.05, 0) is 42.1 Å². The van der Waals surface area contributed by atoms with E-state index in [1.165, 1.54) is 16.3 Å². The third-order valence-corrected chi connectivity index (χ3v) is 4.93. The summed E-state index contributed by atoms with van der Waals surface area (Å²) in [5.74, 6) is 0. The number of benzene rings is 3. The lowest BCUT2D eigenvalue weighted by Gasteiger charge is -2.07. The zero-order chi connectivity index (χ0) is 18.2. The van der Waals surface area contributed by atoms with Gasteiger partial charge in [-0.1, -0.05) is 60.2 Å². The van der Waals surface area contributed by atoms with E-state index in [9.17, 15) is 0 Å². The van der Waals surface area contributed by atoms with Gasteiger partial charge in [0, 0.05) is 23.2 Å². The standard InChI is InChI=1S/C24H19N3/c1-17-10-11-19-15-27(16-20(19)14-17)24-9-5-2-6-18(24)12-13-23-21-7-3-4-8-22(21)25-26-23/h2-16H,1H3,(H,25,26)/b13-12+. The van der Waals surface area contributed by atoms with Crippen molar-refractivity contribution in [3.63, 3.8) is 0 Å². The number of para-hydroxylation sites is 2. The van der Waals surface area contributed by atoms with Gasteiger partial charge >= 0.3 is 0 Å². The molecule has 0 atom stereocenters. The third-order valence-electron chi connectivity index (χ3n) is 4.93. The zero-order valence-electron chi connectivity index (χ0n) is 15.1. The van der Waals surface area contributed by atoms with Crippen LogP contribution in [-0.2, 0) is 0 Å². The number of rotatable bonds is 3. The van der Waals surface area contributed by atoms with Crippen LogP contribution in [0.15, 0.2) is 79.1 Å². The van der Waals surface area contributed by atoms with Crippen molar-refractivity contribution in [1.29, 1.82) is 0 Å². The van der Waals surface area contributed by atoms with Crippen molar-refractivity contribution >= 4 is 33.8 Å². The maximum Gasteiger partial charge on any atom is 0.0927 e. The summed E-state index contributed by atoms with van der Waals surface area (Å²) in [6.45, 7) is 2.13. The second kappa shape index (κ2) is 6.29. The van der Waals surface area contributed by atoms with Crippen molar-refractivity contribution in [2.24, 2.45) is 0 Å². The molecule has 2 heterocycles. The van der Waals surface area contributed by atoms with Gasteiger partial charge in [-0.3, -0.25) is 5.10 Å². The predicted molar refractivity (Wildman–Crippen MR) is 113 cm³/mol. The number of nitrogens with zero attached hydrogens (tertiary/aromatic N) is 2. The molecule has 0 amide bonds. The summed E-state index contributed by atoms with van der Waals surface area (Å²) < 4.78 is 2.20. The Morgan fingerprint density at radius 3 is 2.63 bits per heavy atom. The van der Waals surface area contributed by atoms with E-state index in [0.29, 0.717) is 0 Å². The molecule has 0 aliphatic carbocycles. The van der Waals surface area contributed by atoms with Gasteiger partial charge < -0.3 is 4.57 Å². The minimum absolute atomic E-state index is 0.952. The number of fused-ring (bicyclic) bond motifs is 2. The van der Waals surface area contributed by atoms with E-state index >= 15 is 0 Å². The molecular formula is C24H19N3. The number of hydrogen-bond donors (Lipinski definition) is 1. The molecule has 130 valence electrons. The molecule has 5 aromatic rings. The summed E-state index contributed by atoms with van der Waals surface area (Å²) in [5.41, 5.74) is 5.59. The van der Waals surface area contributed by atoms with E-state index in [2.05, 4.69) is 94.8 Å². The minimum atomic E-state index is 0.952. The second-order valence-corrected chi connectivity index (χ2v) is 6.84. The molecule has 3 aromatic carbocycles.